The van der Waals surface area contributed by atoms with Crippen molar-refractivity contribution in [3.8, 4) is 0 Å². The van der Waals surface area contributed by atoms with Crippen LogP contribution in [0, 0.1) is 0 Å². The molecule has 0 saturated carbocycles. The average molecular weight is 201 g/mol. The Morgan fingerprint density at radius 2 is 2.21 bits per heavy atom. The first-order valence-electron chi connectivity index (χ1n) is 5.23. The van der Waals surface area contributed by atoms with Gasteiger partial charge < -0.3 is 14.8 Å². The van der Waals surface area contributed by atoms with Gasteiger partial charge in [0.2, 0.25) is 0 Å². The molecule has 0 aromatic carbocycles. The summed E-state index contributed by atoms with van der Waals surface area (Å²) in [7, 11) is 1.73. The number of ether oxygens (including phenoxy) is 2. The molecular formula is C11H23NO2. The lowest BCUT2D eigenvalue weighted by molar-refractivity contribution is 0.0872. The lowest BCUT2D eigenvalue weighted by Crippen LogP contribution is -2.28. The largest absolute Gasteiger partial charge is 0.385 e. The van der Waals surface area contributed by atoms with Crippen LogP contribution in [0.1, 0.15) is 20.3 Å². The molecule has 1 atom stereocenters. The molecule has 1 N–H and O–H groups in total. The average Bonchev–Trinajstić information content (AvgIpc) is 2.18. The van der Waals surface area contributed by atoms with Crippen LogP contribution in [0.3, 0.4) is 0 Å². The van der Waals surface area contributed by atoms with E-state index in [1.54, 1.807) is 7.11 Å². The standard InChI is InChI=1S/C11H23NO2/c1-4-5-9-14-11(2)10-12-7-6-8-13-3/h4-5,11-12H,6-10H2,1-3H3. The van der Waals surface area contributed by atoms with Crippen molar-refractivity contribution >= 4 is 0 Å². The second-order valence-electron chi connectivity index (χ2n) is 3.26. The zero-order valence-corrected chi connectivity index (χ0v) is 9.58. The fraction of sp³-hybridized carbons (Fsp3) is 0.818. The molecule has 0 aromatic heterocycles. The van der Waals surface area contributed by atoms with Gasteiger partial charge in [-0.1, -0.05) is 12.2 Å². The van der Waals surface area contributed by atoms with E-state index < -0.39 is 0 Å². The minimum absolute atomic E-state index is 0.272. The van der Waals surface area contributed by atoms with E-state index in [9.17, 15) is 0 Å². The monoisotopic (exact) mass is 201 g/mol. The van der Waals surface area contributed by atoms with E-state index in [1.807, 2.05) is 19.1 Å². The summed E-state index contributed by atoms with van der Waals surface area (Å²) in [5.74, 6) is 0. The molecule has 0 rings (SSSR count). The Balaban J connectivity index is 3.13. The highest BCUT2D eigenvalue weighted by molar-refractivity contribution is 4.76. The molecule has 0 fully saturated rings. The Morgan fingerprint density at radius 3 is 2.86 bits per heavy atom. The predicted octanol–water partition coefficient (Wildman–Crippen LogP) is 1.59. The third-order valence-electron chi connectivity index (χ3n) is 1.85. The van der Waals surface area contributed by atoms with Crippen LogP contribution in [-0.4, -0.2) is 39.5 Å². The highest BCUT2D eigenvalue weighted by Gasteiger charge is 1.98. The van der Waals surface area contributed by atoms with Crippen LogP contribution in [0.2, 0.25) is 0 Å². The van der Waals surface area contributed by atoms with E-state index in [4.69, 9.17) is 9.47 Å². The van der Waals surface area contributed by atoms with E-state index in [2.05, 4.69) is 12.2 Å². The zero-order valence-electron chi connectivity index (χ0n) is 9.58. The lowest BCUT2D eigenvalue weighted by Gasteiger charge is -2.12. The second-order valence-corrected chi connectivity index (χ2v) is 3.26. The fourth-order valence-electron chi connectivity index (χ4n) is 1.02. The Kier molecular flexibility index (Phi) is 10.4. The van der Waals surface area contributed by atoms with Gasteiger partial charge in [-0.05, 0) is 26.8 Å². The molecule has 1 unspecified atom stereocenters. The molecule has 0 aliphatic rings. The van der Waals surface area contributed by atoms with Crippen molar-refractivity contribution in [2.45, 2.75) is 26.4 Å². The molecule has 14 heavy (non-hydrogen) atoms. The van der Waals surface area contributed by atoms with Crippen molar-refractivity contribution in [2.75, 3.05) is 33.4 Å². The van der Waals surface area contributed by atoms with Crippen LogP contribution in [0.15, 0.2) is 12.2 Å². The van der Waals surface area contributed by atoms with E-state index in [0.717, 1.165) is 26.1 Å². The smallest absolute Gasteiger partial charge is 0.0675 e. The minimum Gasteiger partial charge on any atom is -0.385 e. The van der Waals surface area contributed by atoms with E-state index in [-0.39, 0.29) is 6.10 Å². The number of hydrogen-bond acceptors (Lipinski definition) is 3. The maximum absolute atomic E-state index is 5.51. The number of nitrogens with one attached hydrogen (secondary N) is 1. The van der Waals surface area contributed by atoms with Gasteiger partial charge in [-0.3, -0.25) is 0 Å². The van der Waals surface area contributed by atoms with Gasteiger partial charge in [0.1, 0.15) is 0 Å². The van der Waals surface area contributed by atoms with Gasteiger partial charge in [0.25, 0.3) is 0 Å². The van der Waals surface area contributed by atoms with Gasteiger partial charge in [-0.25, -0.2) is 0 Å². The fourth-order valence-corrected chi connectivity index (χ4v) is 1.02. The van der Waals surface area contributed by atoms with Crippen molar-refractivity contribution < 1.29 is 9.47 Å². The first-order chi connectivity index (χ1) is 6.81. The Morgan fingerprint density at radius 1 is 1.43 bits per heavy atom. The first kappa shape index (κ1) is 13.6. The van der Waals surface area contributed by atoms with Crippen LogP contribution in [-0.2, 0) is 9.47 Å². The van der Waals surface area contributed by atoms with Gasteiger partial charge in [0.05, 0.1) is 12.7 Å². The Hall–Kier alpha value is -0.380. The van der Waals surface area contributed by atoms with Crippen LogP contribution in [0.25, 0.3) is 0 Å². The molecule has 3 nitrogen and oxygen atoms in total. The molecule has 0 aliphatic heterocycles. The topological polar surface area (TPSA) is 30.5 Å². The quantitative estimate of drug-likeness (QED) is 0.454. The summed E-state index contributed by atoms with van der Waals surface area (Å²) >= 11 is 0. The maximum atomic E-state index is 5.51. The molecule has 0 aliphatic carbocycles. The summed E-state index contributed by atoms with van der Waals surface area (Å²) in [4.78, 5) is 0. The van der Waals surface area contributed by atoms with Crippen molar-refractivity contribution in [3.63, 3.8) is 0 Å². The number of methoxy groups -OCH3 is 1. The minimum atomic E-state index is 0.272. The highest BCUT2D eigenvalue weighted by Crippen LogP contribution is 1.89. The number of hydrogen-bond donors (Lipinski definition) is 1. The van der Waals surface area contributed by atoms with Crippen molar-refractivity contribution in [1.82, 2.24) is 5.32 Å². The van der Waals surface area contributed by atoms with Gasteiger partial charge in [0.15, 0.2) is 0 Å². The van der Waals surface area contributed by atoms with E-state index >= 15 is 0 Å². The molecule has 84 valence electrons. The van der Waals surface area contributed by atoms with Crippen molar-refractivity contribution in [1.29, 1.82) is 0 Å². The van der Waals surface area contributed by atoms with Gasteiger partial charge in [-0.2, -0.15) is 0 Å². The normalized spacial score (nSPS) is 13.6. The molecule has 3 heteroatoms. The summed E-state index contributed by atoms with van der Waals surface area (Å²) in [6, 6.07) is 0. The lowest BCUT2D eigenvalue weighted by atomic mass is 10.3. The van der Waals surface area contributed by atoms with Crippen LogP contribution < -0.4 is 5.32 Å². The summed E-state index contributed by atoms with van der Waals surface area (Å²) in [6.45, 7) is 7.49. The van der Waals surface area contributed by atoms with E-state index in [0.29, 0.717) is 6.61 Å². The maximum Gasteiger partial charge on any atom is 0.0675 e. The number of allylic oxidation sites excluding steroid dienone is 1. The molecule has 0 radical (unpaired) electrons. The summed E-state index contributed by atoms with van der Waals surface area (Å²) in [5, 5.41) is 3.32. The molecule has 0 aromatic rings. The molecule has 0 saturated heterocycles. The van der Waals surface area contributed by atoms with Gasteiger partial charge >= 0.3 is 0 Å². The van der Waals surface area contributed by atoms with Gasteiger partial charge in [0, 0.05) is 20.3 Å². The molecule has 0 heterocycles. The SMILES string of the molecule is CC=CCOC(C)CNCCCOC. The second kappa shape index (κ2) is 10.7. The van der Waals surface area contributed by atoms with Crippen LogP contribution >= 0.6 is 0 Å². The summed E-state index contributed by atoms with van der Waals surface area (Å²) in [6.07, 6.45) is 5.34. The van der Waals surface area contributed by atoms with E-state index in [1.165, 1.54) is 0 Å². The predicted molar refractivity (Wildman–Crippen MR) is 59.6 cm³/mol. The summed E-state index contributed by atoms with van der Waals surface area (Å²) < 4.78 is 10.5. The summed E-state index contributed by atoms with van der Waals surface area (Å²) in [5.41, 5.74) is 0. The van der Waals surface area contributed by atoms with Crippen LogP contribution in [0.5, 0.6) is 0 Å². The van der Waals surface area contributed by atoms with Crippen molar-refractivity contribution in [2.24, 2.45) is 0 Å². The third-order valence-corrected chi connectivity index (χ3v) is 1.85. The van der Waals surface area contributed by atoms with Crippen molar-refractivity contribution in [3.05, 3.63) is 12.2 Å². The molecule has 0 spiro atoms. The highest BCUT2D eigenvalue weighted by atomic mass is 16.5. The zero-order chi connectivity index (χ0) is 10.6. The molecular weight excluding hydrogens is 178 g/mol. The molecule has 0 bridgehead atoms. The molecule has 0 amide bonds. The van der Waals surface area contributed by atoms with Crippen LogP contribution in [0.4, 0.5) is 0 Å². The Bertz CT molecular complexity index is 137. The Labute approximate surface area is 87.5 Å². The third kappa shape index (κ3) is 9.71. The first-order valence-corrected chi connectivity index (χ1v) is 5.23. The van der Waals surface area contributed by atoms with Gasteiger partial charge in [-0.15, -0.1) is 0 Å². The number of rotatable bonds is 9.